The van der Waals surface area contributed by atoms with Crippen LogP contribution < -0.4 is 15.5 Å². The summed E-state index contributed by atoms with van der Waals surface area (Å²) in [5, 5.41) is 14.4. The average molecular weight is 333 g/mol. The van der Waals surface area contributed by atoms with Gasteiger partial charge in [0.2, 0.25) is 0 Å². The molecule has 3 amide bonds. The third kappa shape index (κ3) is 4.71. The van der Waals surface area contributed by atoms with Gasteiger partial charge in [0.05, 0.1) is 0 Å². The summed E-state index contributed by atoms with van der Waals surface area (Å²) in [4.78, 5) is 36.7. The first-order valence-corrected chi connectivity index (χ1v) is 7.98. The van der Waals surface area contributed by atoms with E-state index in [9.17, 15) is 14.4 Å². The molecular formula is C17H23N3O4. The van der Waals surface area contributed by atoms with E-state index in [4.69, 9.17) is 5.11 Å². The fourth-order valence-corrected chi connectivity index (χ4v) is 2.55. The monoisotopic (exact) mass is 333 g/mol. The van der Waals surface area contributed by atoms with Gasteiger partial charge in [-0.05, 0) is 44.9 Å². The highest BCUT2D eigenvalue weighted by Gasteiger charge is 2.24. The summed E-state index contributed by atoms with van der Waals surface area (Å²) in [5.74, 6) is -1.18. The second-order valence-corrected chi connectivity index (χ2v) is 6.52. The number of benzene rings is 1. The maximum atomic E-state index is 12.4. The lowest BCUT2D eigenvalue weighted by Crippen LogP contribution is -2.46. The van der Waals surface area contributed by atoms with Crippen molar-refractivity contribution in [3.8, 4) is 0 Å². The van der Waals surface area contributed by atoms with Gasteiger partial charge in [0.15, 0.2) is 0 Å². The molecule has 0 aliphatic carbocycles. The maximum absolute atomic E-state index is 12.4. The predicted octanol–water partition coefficient (Wildman–Crippen LogP) is 1.98. The minimum absolute atomic E-state index is 0.0126. The Morgan fingerprint density at radius 3 is 2.79 bits per heavy atom. The second kappa shape index (κ2) is 7.33. The number of nitrogens with one attached hydrogen (secondary N) is 2. The van der Waals surface area contributed by atoms with Crippen molar-refractivity contribution in [2.45, 2.75) is 38.6 Å². The number of carboxylic acids is 1. The highest BCUT2D eigenvalue weighted by Crippen LogP contribution is 2.19. The maximum Gasteiger partial charge on any atom is 0.321 e. The number of nitrogens with zero attached hydrogens (tertiary/aromatic N) is 1. The number of hydrogen-bond acceptors (Lipinski definition) is 3. The van der Waals surface area contributed by atoms with Crippen LogP contribution in [0, 0.1) is 0 Å². The molecule has 1 fully saturated rings. The van der Waals surface area contributed by atoms with Crippen molar-refractivity contribution in [1.82, 2.24) is 10.6 Å². The number of amides is 3. The summed E-state index contributed by atoms with van der Waals surface area (Å²) in [6.45, 7) is 4.85. The van der Waals surface area contributed by atoms with Gasteiger partial charge in [-0.25, -0.2) is 4.79 Å². The van der Waals surface area contributed by atoms with Crippen molar-refractivity contribution in [2.24, 2.45) is 0 Å². The molecule has 0 bridgehead atoms. The van der Waals surface area contributed by atoms with Gasteiger partial charge in [-0.15, -0.1) is 0 Å². The molecule has 0 atom stereocenters. The van der Waals surface area contributed by atoms with Crippen LogP contribution in [0.3, 0.4) is 0 Å². The van der Waals surface area contributed by atoms with Crippen LogP contribution in [0.2, 0.25) is 0 Å². The fourth-order valence-electron chi connectivity index (χ4n) is 2.55. The number of anilines is 1. The third-order valence-electron chi connectivity index (χ3n) is 3.92. The molecule has 1 heterocycles. The molecule has 0 saturated carbocycles. The van der Waals surface area contributed by atoms with E-state index in [-0.39, 0.29) is 18.4 Å². The topological polar surface area (TPSA) is 98.7 Å². The first kappa shape index (κ1) is 17.8. The first-order chi connectivity index (χ1) is 11.3. The zero-order chi connectivity index (χ0) is 17.7. The van der Waals surface area contributed by atoms with Gasteiger partial charge in [0.1, 0.15) is 0 Å². The SMILES string of the molecule is CC(C)(CCC(=O)O)NC(=O)c1cccc(N2CCCNC2=O)c1. The smallest absolute Gasteiger partial charge is 0.321 e. The van der Waals surface area contributed by atoms with E-state index < -0.39 is 11.5 Å². The molecule has 2 rings (SSSR count). The third-order valence-corrected chi connectivity index (χ3v) is 3.92. The molecule has 130 valence electrons. The molecule has 24 heavy (non-hydrogen) atoms. The minimum Gasteiger partial charge on any atom is -0.481 e. The molecule has 1 aromatic rings. The van der Waals surface area contributed by atoms with Gasteiger partial charge >= 0.3 is 12.0 Å². The Hall–Kier alpha value is -2.57. The van der Waals surface area contributed by atoms with Crippen molar-refractivity contribution in [3.05, 3.63) is 29.8 Å². The Morgan fingerprint density at radius 1 is 1.38 bits per heavy atom. The molecular weight excluding hydrogens is 310 g/mol. The molecule has 0 aromatic heterocycles. The lowest BCUT2D eigenvalue weighted by Gasteiger charge is -2.28. The van der Waals surface area contributed by atoms with Crippen molar-refractivity contribution in [1.29, 1.82) is 0 Å². The van der Waals surface area contributed by atoms with Crippen molar-refractivity contribution in [2.75, 3.05) is 18.0 Å². The first-order valence-electron chi connectivity index (χ1n) is 7.98. The van der Waals surface area contributed by atoms with Gasteiger partial charge in [-0.2, -0.15) is 0 Å². The Balaban J connectivity index is 2.08. The molecule has 3 N–H and O–H groups in total. The molecule has 0 radical (unpaired) electrons. The van der Waals surface area contributed by atoms with Gasteiger partial charge in [-0.3, -0.25) is 14.5 Å². The minimum atomic E-state index is -0.893. The summed E-state index contributed by atoms with van der Waals surface area (Å²) in [6, 6.07) is 6.70. The number of aliphatic carboxylic acids is 1. The van der Waals surface area contributed by atoms with E-state index in [0.717, 1.165) is 6.42 Å². The predicted molar refractivity (Wildman–Crippen MR) is 90.2 cm³/mol. The van der Waals surface area contributed by atoms with Crippen molar-refractivity contribution in [3.63, 3.8) is 0 Å². The summed E-state index contributed by atoms with van der Waals surface area (Å²) in [7, 11) is 0. The second-order valence-electron chi connectivity index (χ2n) is 6.52. The van der Waals surface area contributed by atoms with E-state index in [1.54, 1.807) is 43.0 Å². The fraction of sp³-hybridized carbons (Fsp3) is 0.471. The number of carboxylic acid groups (broad SMARTS) is 1. The van der Waals surface area contributed by atoms with Crippen LogP contribution >= 0.6 is 0 Å². The molecule has 7 nitrogen and oxygen atoms in total. The average Bonchev–Trinajstić information content (AvgIpc) is 2.53. The Bertz CT molecular complexity index is 642. The molecule has 0 unspecified atom stereocenters. The van der Waals surface area contributed by atoms with Crippen LogP contribution in [-0.2, 0) is 4.79 Å². The quantitative estimate of drug-likeness (QED) is 0.741. The van der Waals surface area contributed by atoms with Crippen LogP contribution in [0.5, 0.6) is 0 Å². The van der Waals surface area contributed by atoms with Gasteiger partial charge in [-0.1, -0.05) is 6.07 Å². The van der Waals surface area contributed by atoms with Crippen molar-refractivity contribution < 1.29 is 19.5 Å². The Morgan fingerprint density at radius 2 is 2.12 bits per heavy atom. The lowest BCUT2D eigenvalue weighted by atomic mass is 9.97. The van der Waals surface area contributed by atoms with E-state index in [1.807, 2.05) is 0 Å². The number of carbonyl (C=O) groups is 3. The number of rotatable bonds is 6. The van der Waals surface area contributed by atoms with Crippen molar-refractivity contribution >= 4 is 23.6 Å². The number of hydrogen-bond donors (Lipinski definition) is 3. The zero-order valence-electron chi connectivity index (χ0n) is 14.0. The zero-order valence-corrected chi connectivity index (χ0v) is 14.0. The molecule has 1 aliphatic heterocycles. The van der Waals surface area contributed by atoms with Gasteiger partial charge in [0, 0.05) is 36.3 Å². The van der Waals surface area contributed by atoms with Gasteiger partial charge < -0.3 is 15.7 Å². The largest absolute Gasteiger partial charge is 0.481 e. The number of urea groups is 1. The van der Waals surface area contributed by atoms with E-state index in [1.165, 1.54) is 0 Å². The summed E-state index contributed by atoms with van der Waals surface area (Å²) >= 11 is 0. The lowest BCUT2D eigenvalue weighted by molar-refractivity contribution is -0.137. The molecule has 7 heteroatoms. The Kier molecular flexibility index (Phi) is 5.43. The Labute approximate surface area is 141 Å². The molecule has 1 saturated heterocycles. The molecule has 1 aliphatic rings. The highest BCUT2D eigenvalue weighted by molar-refractivity contribution is 5.98. The molecule has 0 spiro atoms. The summed E-state index contributed by atoms with van der Waals surface area (Å²) < 4.78 is 0. The summed E-state index contributed by atoms with van der Waals surface area (Å²) in [6.07, 6.45) is 1.17. The van der Waals surface area contributed by atoms with E-state index in [0.29, 0.717) is 30.8 Å². The van der Waals surface area contributed by atoms with Crippen LogP contribution in [0.4, 0.5) is 10.5 Å². The van der Waals surface area contributed by atoms with Gasteiger partial charge in [0.25, 0.3) is 5.91 Å². The van der Waals surface area contributed by atoms with Crippen LogP contribution in [0.15, 0.2) is 24.3 Å². The molecule has 1 aromatic carbocycles. The van der Waals surface area contributed by atoms with Crippen LogP contribution in [0.25, 0.3) is 0 Å². The van der Waals surface area contributed by atoms with E-state index in [2.05, 4.69) is 10.6 Å². The normalized spacial score (nSPS) is 14.9. The number of carbonyl (C=O) groups excluding carboxylic acids is 2. The summed E-state index contributed by atoms with van der Waals surface area (Å²) in [5.41, 5.74) is 0.478. The van der Waals surface area contributed by atoms with Crippen LogP contribution in [0.1, 0.15) is 43.5 Å². The van der Waals surface area contributed by atoms with Crippen LogP contribution in [-0.4, -0.2) is 41.6 Å². The highest BCUT2D eigenvalue weighted by atomic mass is 16.4. The van der Waals surface area contributed by atoms with E-state index >= 15 is 0 Å². The standard InChI is InChI=1S/C17H23N3O4/c1-17(2,8-7-14(21)22)19-15(23)12-5-3-6-13(11-12)20-10-4-9-18-16(20)24/h3,5-6,11H,4,7-10H2,1-2H3,(H,18,24)(H,19,23)(H,21,22).